The van der Waals surface area contributed by atoms with Crippen LogP contribution < -0.4 is 71.6 Å². The van der Waals surface area contributed by atoms with Crippen molar-refractivity contribution >= 4 is 92.5 Å². The molecule has 8 atom stereocenters. The molecule has 2 fully saturated rings. The van der Waals surface area contributed by atoms with Gasteiger partial charge < -0.3 is 76.5 Å². The second-order valence-electron chi connectivity index (χ2n) is 17.4. The van der Waals surface area contributed by atoms with Crippen molar-refractivity contribution in [2.45, 2.75) is 106 Å². The van der Waals surface area contributed by atoms with Gasteiger partial charge in [-0.3, -0.25) is 57.7 Å². The van der Waals surface area contributed by atoms with E-state index in [9.17, 15) is 52.7 Å². The second-order valence-corrected chi connectivity index (χ2v) is 20.0. The van der Waals surface area contributed by atoms with E-state index in [2.05, 4.69) is 42.2 Å². The van der Waals surface area contributed by atoms with Crippen molar-refractivity contribution in [2.75, 3.05) is 31.1 Å². The van der Waals surface area contributed by atoms with Crippen LogP contribution in [0.25, 0.3) is 0 Å². The van der Waals surface area contributed by atoms with Gasteiger partial charge in [-0.25, -0.2) is 0 Å². The van der Waals surface area contributed by atoms with Crippen LogP contribution in [0.1, 0.15) is 56.1 Å². The largest absolute Gasteiger partial charge is 0.370 e. The highest BCUT2D eigenvalue weighted by molar-refractivity contribution is 8.76. The predicted molar refractivity (Wildman–Crippen MR) is 274 cm³/mol. The van der Waals surface area contributed by atoms with Crippen LogP contribution in [0, 0.1) is 0 Å². The van der Waals surface area contributed by atoms with Gasteiger partial charge in [0.2, 0.25) is 65.0 Å². The summed E-state index contributed by atoms with van der Waals surface area (Å²) in [6.45, 7) is -0.416. The highest BCUT2D eigenvalue weighted by Gasteiger charge is 2.40. The van der Waals surface area contributed by atoms with Crippen molar-refractivity contribution in [1.29, 1.82) is 0 Å². The van der Waals surface area contributed by atoms with Crippen LogP contribution in [0.2, 0.25) is 0 Å². The number of benzene rings is 2. The van der Waals surface area contributed by atoms with Crippen molar-refractivity contribution in [3.63, 3.8) is 0 Å². The van der Waals surface area contributed by atoms with Crippen LogP contribution in [0.4, 0.5) is 0 Å². The number of nitrogens with two attached hydrogens (primary N) is 6. The molecule has 0 aromatic heterocycles. The molecule has 2 unspecified atom stereocenters. The second kappa shape index (κ2) is 29.9. The molecule has 11 amide bonds. The first kappa shape index (κ1) is 59.1. The van der Waals surface area contributed by atoms with Gasteiger partial charge in [0, 0.05) is 43.9 Å². The molecule has 0 spiro atoms. The first-order valence-corrected chi connectivity index (χ1v) is 26.1. The van der Waals surface area contributed by atoms with E-state index in [1.54, 1.807) is 60.7 Å². The third kappa shape index (κ3) is 19.9. The molecule has 2 aromatic carbocycles. The van der Waals surface area contributed by atoms with E-state index >= 15 is 0 Å². The fourth-order valence-corrected chi connectivity index (χ4v) is 10.1. The average molecular weight is 1070 g/mol. The zero-order chi connectivity index (χ0) is 54.3. The SMILES string of the molecule is NC(=O)CC[C@@H]1NC(=O)[C@H](Cc2ccccc2)NC(=O)C(Cc2ccccc2)NC(=O)[C@@H](N)CSSC[C@@H](C(=O)N2CCC[C@H]2C(=O)N[C@@H](CCCN=C(N)N)C(=O)NCC(N)=O)NC(=O)C(CC(N)=O)NC1=O. The quantitative estimate of drug-likeness (QED) is 0.0271. The molecule has 0 bridgehead atoms. The fraction of sp³-hybridized carbons (Fsp3) is 0.478. The summed E-state index contributed by atoms with van der Waals surface area (Å²) in [6, 6.07) is 6.07. The van der Waals surface area contributed by atoms with E-state index in [0.29, 0.717) is 17.5 Å². The van der Waals surface area contributed by atoms with Crippen molar-refractivity contribution < 1.29 is 52.7 Å². The Labute approximate surface area is 434 Å². The van der Waals surface area contributed by atoms with Crippen LogP contribution in [0.15, 0.2) is 65.7 Å². The molecule has 2 heterocycles. The van der Waals surface area contributed by atoms with Gasteiger partial charge >= 0.3 is 0 Å². The summed E-state index contributed by atoms with van der Waals surface area (Å²) in [5, 5.41) is 17.9. The number of carbonyl (C=O) groups excluding carboxylic acids is 11. The van der Waals surface area contributed by atoms with E-state index in [1.807, 2.05) is 0 Å². The molecule has 2 aromatic rings. The molecule has 26 nitrogen and oxygen atoms in total. The molecular formula is C46H65N15O11S2. The smallest absolute Gasteiger partial charge is 0.246 e. The van der Waals surface area contributed by atoms with Gasteiger partial charge in [0.15, 0.2) is 5.96 Å². The molecule has 74 heavy (non-hydrogen) atoms. The lowest BCUT2D eigenvalue weighted by molar-refractivity contribution is -0.142. The highest BCUT2D eigenvalue weighted by Crippen LogP contribution is 2.26. The molecule has 402 valence electrons. The Morgan fingerprint density at radius 2 is 1.22 bits per heavy atom. The first-order valence-electron chi connectivity index (χ1n) is 23.6. The summed E-state index contributed by atoms with van der Waals surface area (Å²) in [6.07, 6.45) is -1.14. The molecule has 2 saturated heterocycles. The predicted octanol–water partition coefficient (Wildman–Crippen LogP) is -5.11. The highest BCUT2D eigenvalue weighted by atomic mass is 33.1. The average Bonchev–Trinajstić information content (AvgIpc) is 3.86. The Balaban J connectivity index is 1.70. The monoisotopic (exact) mass is 1070 g/mol. The van der Waals surface area contributed by atoms with Gasteiger partial charge in [0.1, 0.15) is 42.3 Å². The van der Waals surface area contributed by atoms with Gasteiger partial charge in [0.25, 0.3) is 0 Å². The number of nitrogens with one attached hydrogen (secondary N) is 7. The lowest BCUT2D eigenvalue weighted by Crippen LogP contribution is -2.61. The van der Waals surface area contributed by atoms with E-state index in [0.717, 1.165) is 21.6 Å². The Kier molecular flexibility index (Phi) is 23.9. The number of hydrogen-bond acceptors (Lipinski definition) is 15. The maximum absolute atomic E-state index is 14.6. The van der Waals surface area contributed by atoms with Gasteiger partial charge in [-0.15, -0.1) is 0 Å². The molecule has 0 radical (unpaired) electrons. The minimum Gasteiger partial charge on any atom is -0.370 e. The van der Waals surface area contributed by atoms with Crippen molar-refractivity contribution in [3.05, 3.63) is 71.8 Å². The topological polar surface area (TPSA) is 444 Å². The van der Waals surface area contributed by atoms with Crippen molar-refractivity contribution in [1.82, 2.24) is 42.1 Å². The summed E-state index contributed by atoms with van der Waals surface area (Å²) in [7, 11) is 2.04. The molecule has 0 saturated carbocycles. The maximum Gasteiger partial charge on any atom is 0.246 e. The molecule has 28 heteroatoms. The lowest BCUT2D eigenvalue weighted by atomic mass is 10.0. The normalized spacial score (nSPS) is 22.7. The molecule has 19 N–H and O–H groups in total. The lowest BCUT2D eigenvalue weighted by Gasteiger charge is -2.31. The molecule has 0 aliphatic carbocycles. The summed E-state index contributed by atoms with van der Waals surface area (Å²) < 4.78 is 0. The first-order chi connectivity index (χ1) is 35.2. The number of hydrogen-bond donors (Lipinski definition) is 13. The van der Waals surface area contributed by atoms with Crippen LogP contribution in [0.5, 0.6) is 0 Å². The number of guanidine groups is 1. The van der Waals surface area contributed by atoms with Crippen molar-refractivity contribution in [3.8, 4) is 0 Å². The minimum absolute atomic E-state index is 0.00960. The van der Waals surface area contributed by atoms with E-state index in [-0.39, 0.29) is 62.7 Å². The standard InChI is InChI=1S/C46H65N15O11S2/c47-27-23-73-74-24-33(45(72)61-18-8-14-34(61)44(71)56-28(13-7-17-53-46(51)52)39(66)54-22-37(50)64)60-43(70)32(21-36(49)63)59-40(67)29(15-16-35(48)62)55-41(68)31(20-26-11-5-2-6-12-26)58-42(69)30(57-38(27)65)19-25-9-3-1-4-10-25/h1-6,9-12,27-34H,7-8,13-24,47H2,(H2,48,62)(H2,49,63)(H2,50,64)(H,54,66)(H,55,68)(H,56,71)(H,57,65)(H,58,69)(H,59,67)(H,60,70)(H4,51,52,53)/t27-,28-,29-,30?,31-,32?,33-,34-/m0/s1. The van der Waals surface area contributed by atoms with Gasteiger partial charge in [-0.05, 0) is 43.2 Å². The Morgan fingerprint density at radius 1 is 0.676 bits per heavy atom. The van der Waals surface area contributed by atoms with E-state index < -0.39 is 139 Å². The molecule has 2 aliphatic rings. The van der Waals surface area contributed by atoms with Gasteiger partial charge in [-0.1, -0.05) is 82.3 Å². The van der Waals surface area contributed by atoms with Crippen LogP contribution >= 0.6 is 21.6 Å². The zero-order valence-corrected chi connectivity index (χ0v) is 42.1. The van der Waals surface area contributed by atoms with E-state index in [1.165, 1.54) is 4.90 Å². The van der Waals surface area contributed by atoms with Crippen LogP contribution in [-0.4, -0.2) is 155 Å². The Morgan fingerprint density at radius 3 is 1.78 bits per heavy atom. The third-order valence-electron chi connectivity index (χ3n) is 11.6. The zero-order valence-electron chi connectivity index (χ0n) is 40.5. The minimum atomic E-state index is -1.78. The number of aliphatic imine (C=N–C) groups is 1. The number of carbonyl (C=O) groups is 11. The number of primary amides is 3. The van der Waals surface area contributed by atoms with E-state index in [4.69, 9.17) is 34.4 Å². The number of amides is 11. The summed E-state index contributed by atoms with van der Waals surface area (Å²) >= 11 is 0. The Bertz CT molecular complexity index is 2360. The van der Waals surface area contributed by atoms with Gasteiger partial charge in [-0.2, -0.15) is 0 Å². The summed E-state index contributed by atoms with van der Waals surface area (Å²) in [4.78, 5) is 153. The van der Waals surface area contributed by atoms with Gasteiger partial charge in [0.05, 0.1) is 19.0 Å². The summed E-state index contributed by atoms with van der Waals surface area (Å²) in [5.74, 6) is -10.2. The Hall–Kier alpha value is -7.46. The summed E-state index contributed by atoms with van der Waals surface area (Å²) in [5.41, 5.74) is 34.6. The number of nitrogens with zero attached hydrogens (tertiary/aromatic N) is 2. The molecule has 4 rings (SSSR count). The number of rotatable bonds is 19. The van der Waals surface area contributed by atoms with Crippen molar-refractivity contribution in [2.24, 2.45) is 39.4 Å². The maximum atomic E-state index is 14.6. The van der Waals surface area contributed by atoms with Crippen LogP contribution in [-0.2, 0) is 65.6 Å². The molecular weight excluding hydrogens is 1000 g/mol. The fourth-order valence-electron chi connectivity index (χ4n) is 7.78. The van der Waals surface area contributed by atoms with Crippen LogP contribution in [0.3, 0.4) is 0 Å². The third-order valence-corrected chi connectivity index (χ3v) is 14.0. The number of likely N-dealkylation sites (tertiary alicyclic amines) is 1. The molecule has 2 aliphatic heterocycles.